The molecule has 0 bridgehead atoms. The molecule has 6 heteroatoms. The van der Waals surface area contributed by atoms with Crippen LogP contribution in [0.1, 0.15) is 25.0 Å². The van der Waals surface area contributed by atoms with Crippen LogP contribution in [0.15, 0.2) is 192 Å². The van der Waals surface area contributed by atoms with E-state index in [0.717, 1.165) is 44.2 Å². The molecule has 0 fully saturated rings. The SMILES string of the molecule is CC1(C)c2ccccc2-c2ccc(-c3nc(-c4ccccc4)nc(-c4cccc5oc6ccc(-c7cccc8sc9c(-c%10ccc%11c(c%10)sc%10ccccc%10%11)cccc9c78)cc6c45)n3)cc21. The molecule has 0 saturated carbocycles. The second-order valence-corrected chi connectivity index (χ2v) is 20.0. The first-order valence-corrected chi connectivity index (χ1v) is 24.0. The summed E-state index contributed by atoms with van der Waals surface area (Å²) in [7, 11) is 0. The molecule has 0 aliphatic heterocycles. The Kier molecular flexibility index (Phi) is 8.04. The Morgan fingerprint density at radius 1 is 0.364 bits per heavy atom. The minimum atomic E-state index is -0.157. The van der Waals surface area contributed by atoms with E-state index in [1.807, 2.05) is 53.0 Å². The topological polar surface area (TPSA) is 51.8 Å². The zero-order chi connectivity index (χ0) is 43.7. The van der Waals surface area contributed by atoms with Gasteiger partial charge >= 0.3 is 0 Å². The van der Waals surface area contributed by atoms with E-state index in [1.165, 1.54) is 79.3 Å². The first-order chi connectivity index (χ1) is 32.4. The van der Waals surface area contributed by atoms with Crippen molar-refractivity contribution in [2.75, 3.05) is 0 Å². The number of hydrogen-bond acceptors (Lipinski definition) is 6. The molecule has 4 heterocycles. The lowest BCUT2D eigenvalue weighted by Gasteiger charge is -2.21. The van der Waals surface area contributed by atoms with Gasteiger partial charge in [0.1, 0.15) is 11.2 Å². The summed E-state index contributed by atoms with van der Waals surface area (Å²) in [5, 5.41) is 7.18. The number of rotatable bonds is 5. The van der Waals surface area contributed by atoms with Gasteiger partial charge < -0.3 is 4.42 Å². The Bertz CT molecular complexity index is 4160. The van der Waals surface area contributed by atoms with Crippen LogP contribution in [0.5, 0.6) is 0 Å². The number of furan rings is 1. The molecule has 1 aliphatic carbocycles. The lowest BCUT2D eigenvalue weighted by molar-refractivity contribution is 0.660. The first kappa shape index (κ1) is 37.6. The molecule has 13 aromatic rings. The third kappa shape index (κ3) is 5.59. The monoisotopic (exact) mass is 879 g/mol. The highest BCUT2D eigenvalue weighted by atomic mass is 32.1. The highest BCUT2D eigenvalue weighted by molar-refractivity contribution is 7.26. The summed E-state index contributed by atoms with van der Waals surface area (Å²) in [6, 6.07) is 67.6. The van der Waals surface area contributed by atoms with Crippen molar-refractivity contribution in [1.29, 1.82) is 0 Å². The fraction of sp³-hybridized carbons (Fsp3) is 0.0500. The van der Waals surface area contributed by atoms with E-state index in [9.17, 15) is 0 Å². The Morgan fingerprint density at radius 2 is 1.02 bits per heavy atom. The molecule has 0 spiro atoms. The van der Waals surface area contributed by atoms with Crippen molar-refractivity contribution in [3.8, 4) is 67.5 Å². The summed E-state index contributed by atoms with van der Waals surface area (Å²) in [5.74, 6) is 1.87. The standard InChI is InChI=1S/C60H37N3OS2/c1-60(2)47-21-8-6-15-40(47)41-28-26-37(32-48(41)60)58-61-57(34-13-4-3-5-14-34)62-59(63-58)45-20-11-22-50-54(45)46-31-35(27-30-49(46)64-50)38-17-12-24-52-55(38)44-19-10-18-39(56(44)66-52)36-25-29-43-42-16-7-9-23-51(42)65-53(43)33-36/h3-33H,1-2H3. The van der Waals surface area contributed by atoms with Crippen molar-refractivity contribution in [3.63, 3.8) is 0 Å². The minimum absolute atomic E-state index is 0.157. The van der Waals surface area contributed by atoms with E-state index in [4.69, 9.17) is 19.4 Å². The van der Waals surface area contributed by atoms with Crippen molar-refractivity contribution in [2.45, 2.75) is 19.3 Å². The highest BCUT2D eigenvalue weighted by Gasteiger charge is 2.35. The van der Waals surface area contributed by atoms with Gasteiger partial charge in [-0.2, -0.15) is 0 Å². The normalized spacial score (nSPS) is 13.1. The van der Waals surface area contributed by atoms with Crippen LogP contribution < -0.4 is 0 Å². The maximum Gasteiger partial charge on any atom is 0.164 e. The summed E-state index contributed by atoms with van der Waals surface area (Å²) in [4.78, 5) is 15.7. The van der Waals surface area contributed by atoms with Crippen molar-refractivity contribution in [2.24, 2.45) is 0 Å². The van der Waals surface area contributed by atoms with Crippen LogP contribution in [0.3, 0.4) is 0 Å². The fourth-order valence-electron chi connectivity index (χ4n) is 10.6. The number of benzene rings is 9. The van der Waals surface area contributed by atoms with E-state index in [2.05, 4.69) is 172 Å². The number of hydrogen-bond donors (Lipinski definition) is 0. The molecule has 0 amide bonds. The van der Waals surface area contributed by atoms with E-state index in [-0.39, 0.29) is 5.41 Å². The lowest BCUT2D eigenvalue weighted by Crippen LogP contribution is -2.15. The highest BCUT2D eigenvalue weighted by Crippen LogP contribution is 2.50. The number of aromatic nitrogens is 3. The Hall–Kier alpha value is -7.77. The van der Waals surface area contributed by atoms with Crippen molar-refractivity contribution >= 4 is 85.0 Å². The van der Waals surface area contributed by atoms with Gasteiger partial charge in [-0.3, -0.25) is 0 Å². The Balaban J connectivity index is 0.923. The first-order valence-electron chi connectivity index (χ1n) is 22.3. The molecule has 310 valence electrons. The number of fused-ring (bicyclic) bond motifs is 12. The van der Waals surface area contributed by atoms with Crippen molar-refractivity contribution in [1.82, 2.24) is 15.0 Å². The van der Waals surface area contributed by atoms with Crippen molar-refractivity contribution < 1.29 is 4.42 Å². The van der Waals surface area contributed by atoms with Crippen LogP contribution in [0.4, 0.5) is 0 Å². The second-order valence-electron chi connectivity index (χ2n) is 17.9. The molecule has 66 heavy (non-hydrogen) atoms. The quantitative estimate of drug-likeness (QED) is 0.173. The second kappa shape index (κ2) is 14.1. The number of thiophene rings is 2. The van der Waals surface area contributed by atoms with Crippen LogP contribution in [-0.2, 0) is 5.41 Å². The lowest BCUT2D eigenvalue weighted by atomic mass is 9.82. The van der Waals surface area contributed by atoms with Gasteiger partial charge in [-0.05, 0) is 87.0 Å². The fourth-order valence-corrected chi connectivity index (χ4v) is 13.0. The zero-order valence-corrected chi connectivity index (χ0v) is 37.6. The zero-order valence-electron chi connectivity index (χ0n) is 36.0. The van der Waals surface area contributed by atoms with Gasteiger partial charge in [0.25, 0.3) is 0 Å². The average molecular weight is 880 g/mol. The van der Waals surface area contributed by atoms with Gasteiger partial charge in [-0.25, -0.2) is 15.0 Å². The molecule has 4 nitrogen and oxygen atoms in total. The molecule has 0 saturated heterocycles. The Labute approximate surface area is 388 Å². The van der Waals surface area contributed by atoms with Crippen molar-refractivity contribution in [3.05, 3.63) is 199 Å². The van der Waals surface area contributed by atoms with E-state index >= 15 is 0 Å². The molecule has 1 aliphatic rings. The Morgan fingerprint density at radius 3 is 1.94 bits per heavy atom. The predicted molar refractivity (Wildman–Crippen MR) is 278 cm³/mol. The van der Waals surface area contributed by atoms with Crippen LogP contribution in [-0.4, -0.2) is 15.0 Å². The van der Waals surface area contributed by atoms with E-state index < -0.39 is 0 Å². The van der Waals surface area contributed by atoms with Crippen LogP contribution in [0, 0.1) is 0 Å². The van der Waals surface area contributed by atoms with Crippen LogP contribution in [0.25, 0.3) is 130 Å². The third-order valence-corrected chi connectivity index (χ3v) is 16.1. The maximum absolute atomic E-state index is 6.63. The maximum atomic E-state index is 6.63. The predicted octanol–water partition coefficient (Wildman–Crippen LogP) is 17.1. The molecule has 0 unspecified atom stereocenters. The van der Waals surface area contributed by atoms with Gasteiger partial charge in [0.15, 0.2) is 17.5 Å². The molecule has 9 aromatic carbocycles. The van der Waals surface area contributed by atoms with E-state index in [1.54, 1.807) is 0 Å². The largest absolute Gasteiger partial charge is 0.456 e. The van der Waals surface area contributed by atoms with Gasteiger partial charge in [-0.1, -0.05) is 159 Å². The average Bonchev–Trinajstić information content (AvgIpc) is 4.11. The summed E-state index contributed by atoms with van der Waals surface area (Å²) >= 11 is 3.74. The third-order valence-electron chi connectivity index (χ3n) is 13.8. The summed E-state index contributed by atoms with van der Waals surface area (Å²) in [6.07, 6.45) is 0. The van der Waals surface area contributed by atoms with Crippen LogP contribution >= 0.6 is 22.7 Å². The van der Waals surface area contributed by atoms with Gasteiger partial charge in [0, 0.05) is 73.2 Å². The number of nitrogens with zero attached hydrogens (tertiary/aromatic N) is 3. The van der Waals surface area contributed by atoms with Gasteiger partial charge in [-0.15, -0.1) is 22.7 Å². The van der Waals surface area contributed by atoms with E-state index in [0.29, 0.717) is 17.5 Å². The molecule has 0 N–H and O–H groups in total. The molecule has 14 rings (SSSR count). The van der Waals surface area contributed by atoms with Gasteiger partial charge in [0.05, 0.1) is 0 Å². The molecule has 4 aromatic heterocycles. The summed E-state index contributed by atoms with van der Waals surface area (Å²) in [6.45, 7) is 4.61. The molecular weight excluding hydrogens is 843 g/mol. The van der Waals surface area contributed by atoms with Gasteiger partial charge in [0.2, 0.25) is 0 Å². The summed E-state index contributed by atoms with van der Waals surface area (Å²) < 4.78 is 11.8. The summed E-state index contributed by atoms with van der Waals surface area (Å²) in [5.41, 5.74) is 14.2. The molecule has 0 radical (unpaired) electrons. The smallest absolute Gasteiger partial charge is 0.164 e. The molecular formula is C60H37N3OS2. The molecule has 0 atom stereocenters. The van der Waals surface area contributed by atoms with Crippen LogP contribution in [0.2, 0.25) is 0 Å². The minimum Gasteiger partial charge on any atom is -0.456 e.